The van der Waals surface area contributed by atoms with Crippen LogP contribution in [0.3, 0.4) is 0 Å². The van der Waals surface area contributed by atoms with Crippen molar-refractivity contribution in [2.24, 2.45) is 0 Å². The van der Waals surface area contributed by atoms with E-state index in [0.29, 0.717) is 19.6 Å². The molecule has 2 amide bonds. The number of nitrogens with one attached hydrogen (secondary N) is 1. The fourth-order valence-electron chi connectivity index (χ4n) is 0.355. The van der Waals surface area contributed by atoms with Gasteiger partial charge in [0.1, 0.15) is 0 Å². The van der Waals surface area contributed by atoms with Crippen LogP contribution in [-0.4, -0.2) is 44.0 Å². The first kappa shape index (κ1) is 37.5. The summed E-state index contributed by atoms with van der Waals surface area (Å²) in [7, 11) is 6.64. The molecule has 0 aromatic rings. The van der Waals surface area contributed by atoms with Gasteiger partial charge in [0.15, 0.2) is 5.91 Å². The predicted octanol–water partition coefficient (Wildman–Crippen LogP) is 2.09. The maximum absolute atomic E-state index is 10.4. The molecule has 1 N–H and O–H groups in total. The molecule has 0 aromatic heterocycles. The van der Waals surface area contributed by atoms with E-state index in [9.17, 15) is 9.59 Å². The molecule has 0 bridgehead atoms. The Bertz CT molecular complexity index is 195. The minimum absolute atomic E-state index is 0. The number of nitrogens with zero attached hydrogens (tertiary/aromatic N) is 1. The van der Waals surface area contributed by atoms with Crippen molar-refractivity contribution in [3.63, 3.8) is 0 Å². The van der Waals surface area contributed by atoms with Gasteiger partial charge in [-0.2, -0.15) is 6.92 Å². The van der Waals surface area contributed by atoms with E-state index in [2.05, 4.69) is 26.2 Å². The first-order valence-corrected chi connectivity index (χ1v) is 6.27. The fraction of sp³-hybridized carbons (Fsp3) is 0.643. The van der Waals surface area contributed by atoms with Crippen LogP contribution in [0.15, 0.2) is 0 Å². The Labute approximate surface area is 161 Å². The molecule has 135 valence electrons. The Morgan fingerprint density at radius 2 is 1.52 bits per heavy atom. The molecule has 5 nitrogen and oxygen atoms in total. The van der Waals surface area contributed by atoms with Crippen LogP contribution in [0.1, 0.15) is 34.1 Å². The molecule has 0 aliphatic carbocycles. The van der Waals surface area contributed by atoms with E-state index >= 15 is 0 Å². The van der Waals surface area contributed by atoms with Crippen molar-refractivity contribution >= 4 is 11.8 Å². The molecular weight excluding hydrogens is 536 g/mol. The van der Waals surface area contributed by atoms with E-state index in [1.54, 1.807) is 21.0 Å². The largest absolute Gasteiger partial charge is 0.508 e. The van der Waals surface area contributed by atoms with E-state index < -0.39 is 0 Å². The molecule has 0 saturated heterocycles. The van der Waals surface area contributed by atoms with Crippen molar-refractivity contribution in [1.29, 1.82) is 0 Å². The average Bonchev–Trinajstić information content (AvgIpc) is 2.44. The fourth-order valence-corrected chi connectivity index (χ4v) is 0.355. The van der Waals surface area contributed by atoms with Crippen LogP contribution in [0.2, 0.25) is 0 Å². The van der Waals surface area contributed by atoms with Crippen molar-refractivity contribution in [1.82, 2.24) is 10.2 Å². The summed E-state index contributed by atoms with van der Waals surface area (Å²) in [6, 6.07) is 0. The smallest absolute Gasteiger partial charge is 0.218 e. The summed E-state index contributed by atoms with van der Waals surface area (Å²) >= 11 is 0. The Morgan fingerprint density at radius 1 is 1.19 bits per heavy atom. The van der Waals surface area contributed by atoms with Crippen molar-refractivity contribution in [2.75, 3.05) is 27.3 Å². The quantitative estimate of drug-likeness (QED) is 0.322. The minimum atomic E-state index is -0.108. The maximum atomic E-state index is 10.4. The summed E-state index contributed by atoms with van der Waals surface area (Å²) in [6.07, 6.45) is 0.360. The zero-order chi connectivity index (χ0) is 16.3. The molecule has 0 atom stereocenters. The molecule has 0 aliphatic rings. The van der Waals surface area contributed by atoms with Crippen LogP contribution < -0.4 is 5.32 Å². The zero-order valence-corrected chi connectivity index (χ0v) is 18.5. The van der Waals surface area contributed by atoms with Crippen LogP contribution in [-0.2, 0) is 57.8 Å². The van der Waals surface area contributed by atoms with Crippen LogP contribution in [0, 0.1) is 20.9 Å². The molecule has 21 heavy (non-hydrogen) atoms. The molecule has 0 spiro atoms. The number of hydrogen-bond acceptors (Lipinski definition) is 3. The van der Waals surface area contributed by atoms with Gasteiger partial charge < -0.3 is 28.8 Å². The Balaban J connectivity index is -0.0000000414. The summed E-state index contributed by atoms with van der Waals surface area (Å²) in [6.45, 7) is 14.8. The maximum Gasteiger partial charge on any atom is 0.218 e. The molecule has 7 heteroatoms. The van der Waals surface area contributed by atoms with Crippen molar-refractivity contribution < 1.29 is 57.8 Å². The molecular formula is C14H31AgN2O3W-3. The third-order valence-corrected chi connectivity index (χ3v) is 1.44. The van der Waals surface area contributed by atoms with Crippen molar-refractivity contribution in [2.45, 2.75) is 34.1 Å². The Hall–Kier alpha value is 0.329. The van der Waals surface area contributed by atoms with Crippen LogP contribution >= 0.6 is 0 Å². The number of ether oxygens (including phenoxy) is 1. The standard InChI is InChI=1S/C6H11NO2.C4H9NO.C2H6.C2H5.Ag.W/c1-3-9-5-4-6(8)7-2;1-4(6)5(2)3;2*1-2;;/h1-5H2,(H,7,8);1-3H3;1-2H3;1H2,2H3;;/q-2;;;-1;;. The van der Waals surface area contributed by atoms with E-state index in [0.717, 1.165) is 0 Å². The predicted molar refractivity (Wildman–Crippen MR) is 81.0 cm³/mol. The van der Waals surface area contributed by atoms with Gasteiger partial charge >= 0.3 is 0 Å². The monoisotopic (exact) mass is 566 g/mol. The summed E-state index contributed by atoms with van der Waals surface area (Å²) in [5.74, 6) is -0.0153. The Kier molecular flexibility index (Phi) is 66.1. The van der Waals surface area contributed by atoms with E-state index in [4.69, 9.17) is 4.74 Å². The van der Waals surface area contributed by atoms with Crippen molar-refractivity contribution in [3.05, 3.63) is 20.9 Å². The van der Waals surface area contributed by atoms with Gasteiger partial charge in [0.05, 0.1) is 6.61 Å². The van der Waals surface area contributed by atoms with Gasteiger partial charge in [0.25, 0.3) is 0 Å². The SMILES string of the molecule is CC.CC(=O)N(C)C.[Ag].[CH2-]C.[CH2-]COCCC(=O)N[CH2-].[W]. The summed E-state index contributed by atoms with van der Waals surface area (Å²) in [4.78, 5) is 22.0. The molecule has 0 rings (SSSR count). The van der Waals surface area contributed by atoms with E-state index in [1.165, 1.54) is 11.8 Å². The number of carbonyl (C=O) groups is 2. The molecule has 0 heterocycles. The topological polar surface area (TPSA) is 58.6 Å². The zero-order valence-electron chi connectivity index (χ0n) is 14.1. The first-order valence-electron chi connectivity index (χ1n) is 6.27. The van der Waals surface area contributed by atoms with Crippen molar-refractivity contribution in [3.8, 4) is 0 Å². The second kappa shape index (κ2) is 37.0. The van der Waals surface area contributed by atoms with Gasteiger partial charge in [0.2, 0.25) is 5.91 Å². The summed E-state index contributed by atoms with van der Waals surface area (Å²) in [5.41, 5.74) is 0. The molecule has 0 aliphatic heterocycles. The van der Waals surface area contributed by atoms with Gasteiger partial charge in [-0.1, -0.05) is 20.5 Å². The van der Waals surface area contributed by atoms with Gasteiger partial charge in [-0.3, -0.25) is 16.6 Å². The number of hydrogen-bond donors (Lipinski definition) is 1. The second-order valence-electron chi connectivity index (χ2n) is 2.88. The van der Waals surface area contributed by atoms with Crippen LogP contribution in [0.4, 0.5) is 0 Å². The van der Waals surface area contributed by atoms with Gasteiger partial charge in [-0.25, -0.2) is 0 Å². The minimum Gasteiger partial charge on any atom is -0.508 e. The third-order valence-electron chi connectivity index (χ3n) is 1.44. The third kappa shape index (κ3) is 53.2. The van der Waals surface area contributed by atoms with Crippen LogP contribution in [0.5, 0.6) is 0 Å². The van der Waals surface area contributed by atoms with Gasteiger partial charge in [0, 0.05) is 70.9 Å². The number of carbonyl (C=O) groups excluding carboxylic acids is 2. The average molecular weight is 567 g/mol. The summed E-state index contributed by atoms with van der Waals surface area (Å²) < 4.78 is 4.81. The van der Waals surface area contributed by atoms with E-state index in [-0.39, 0.29) is 55.3 Å². The normalized spacial score (nSPS) is 6.71. The van der Waals surface area contributed by atoms with Crippen LogP contribution in [0.25, 0.3) is 0 Å². The first-order chi connectivity index (χ1) is 8.95. The number of amides is 2. The number of rotatable bonds is 4. The Morgan fingerprint density at radius 3 is 1.71 bits per heavy atom. The van der Waals surface area contributed by atoms with Gasteiger partial charge in [-0.15, -0.1) is 0 Å². The molecule has 0 aromatic carbocycles. The molecule has 0 saturated carbocycles. The van der Waals surface area contributed by atoms with Gasteiger partial charge in [-0.05, 0) is 0 Å². The molecule has 0 fully saturated rings. The second-order valence-corrected chi connectivity index (χ2v) is 2.88. The molecule has 1 radical (unpaired) electrons. The summed E-state index contributed by atoms with van der Waals surface area (Å²) in [5, 5.41) is 2.23. The van der Waals surface area contributed by atoms with E-state index in [1.807, 2.05) is 13.8 Å². The molecule has 0 unspecified atom stereocenters.